The average Bonchev–Trinajstić information content (AvgIpc) is 3.16. The molecule has 5 aromatic rings. The Labute approximate surface area is 303 Å². The minimum absolute atomic E-state index is 0.110. The second-order valence-electron chi connectivity index (χ2n) is 12.5. The van der Waals surface area contributed by atoms with Gasteiger partial charge >= 0.3 is 5.97 Å². The van der Waals surface area contributed by atoms with E-state index in [1.807, 2.05) is 109 Å². The molecular weight excluding hydrogens is 671 g/mol. The molecule has 1 fully saturated rings. The number of esters is 1. The lowest BCUT2D eigenvalue weighted by Gasteiger charge is -2.50. The molecule has 6 rings (SSSR count). The number of likely N-dealkylation sites (tertiary alicyclic amines) is 1. The minimum Gasteiger partial charge on any atom is -0.408 e. The topological polar surface area (TPSA) is 113 Å². The molecule has 1 aliphatic heterocycles. The number of aliphatic hydroxyl groups excluding tert-OH is 1. The lowest BCUT2D eigenvalue weighted by Crippen LogP contribution is -2.67. The van der Waals surface area contributed by atoms with Gasteiger partial charge in [-0.3, -0.25) is 24.1 Å². The van der Waals surface area contributed by atoms with Crippen LogP contribution in [0, 0.1) is 5.92 Å². The van der Waals surface area contributed by atoms with Gasteiger partial charge < -0.3 is 15.2 Å². The van der Waals surface area contributed by atoms with Crippen molar-refractivity contribution in [1.29, 1.82) is 0 Å². The molecule has 1 saturated heterocycles. The molecule has 0 bridgehead atoms. The van der Waals surface area contributed by atoms with Crippen molar-refractivity contribution in [3.63, 3.8) is 0 Å². The van der Waals surface area contributed by atoms with Crippen LogP contribution in [0.1, 0.15) is 40.5 Å². The summed E-state index contributed by atoms with van der Waals surface area (Å²) in [4.78, 5) is 56.6. The number of anilines is 1. The Morgan fingerprint density at radius 1 is 0.788 bits per heavy atom. The maximum atomic E-state index is 14.4. The fourth-order valence-electron chi connectivity index (χ4n) is 6.69. The van der Waals surface area contributed by atoms with Crippen molar-refractivity contribution in [1.82, 2.24) is 4.90 Å². The van der Waals surface area contributed by atoms with Crippen molar-refractivity contribution in [3.8, 4) is 0 Å². The van der Waals surface area contributed by atoms with Crippen LogP contribution < -0.4 is 21.2 Å². The number of ketones is 1. The third-order valence-corrected chi connectivity index (χ3v) is 13.2. The molecule has 52 heavy (non-hydrogen) atoms. The standard InChI is InChI=1S/C43H39N2O6P/c1-3-17-39(48)51-43(52(34-22-10-5-11-23-34,35-24-12-6-13-25-35)36-26-14-7-15-27-36)45-37(40(30(2)46)42(45)50)29-38(47)31-18-16-19-32(28-31)41(49)44-33-20-8-4-9-21-33/h3-16,18-28,30,37,40,46H,1,17,29H2,2H3,(H,44,49)/t30-,37-,40-/m1/s1. The minimum atomic E-state index is -3.17. The van der Waals surface area contributed by atoms with Crippen molar-refractivity contribution >= 4 is 57.7 Å². The number of ether oxygens (including phenoxy) is 1. The number of aliphatic hydroxyl groups is 1. The number of Topliss-reactive ketones (excluding diaryl/α,β-unsaturated/α-hetero) is 1. The van der Waals surface area contributed by atoms with Crippen molar-refractivity contribution in [2.45, 2.75) is 31.9 Å². The SMILES string of the molecule is C=CCC(=O)OC(N1C(=O)[C@H]([C@@H](C)O)[C@H]1CC(=O)c1cccc(C(=O)Nc2ccccc2)c1)=P(c1ccccc1)(c1ccccc1)c1ccccc1. The monoisotopic (exact) mass is 710 g/mol. The molecule has 0 saturated carbocycles. The first-order chi connectivity index (χ1) is 25.2. The van der Waals surface area contributed by atoms with Crippen LogP contribution in [-0.4, -0.2) is 51.3 Å². The van der Waals surface area contributed by atoms with Crippen LogP contribution in [0.3, 0.4) is 0 Å². The molecule has 0 spiro atoms. The smallest absolute Gasteiger partial charge is 0.316 e. The summed E-state index contributed by atoms with van der Waals surface area (Å²) in [7, 11) is 0. The zero-order valence-electron chi connectivity index (χ0n) is 28.7. The fraction of sp³-hybridized carbons (Fsp3) is 0.140. The highest BCUT2D eigenvalue weighted by Gasteiger charge is 2.55. The Hall–Kier alpha value is -5.82. The fourth-order valence-corrected chi connectivity index (χ4v) is 10.9. The van der Waals surface area contributed by atoms with Gasteiger partial charge in [-0.2, -0.15) is 0 Å². The highest BCUT2D eigenvalue weighted by atomic mass is 31.2. The number of benzene rings is 5. The van der Waals surface area contributed by atoms with E-state index < -0.39 is 36.8 Å². The summed E-state index contributed by atoms with van der Waals surface area (Å²) in [5.74, 6) is -2.76. The third-order valence-electron chi connectivity index (χ3n) is 9.10. The second-order valence-corrected chi connectivity index (χ2v) is 15.8. The molecule has 0 radical (unpaired) electrons. The molecule has 8 nitrogen and oxygen atoms in total. The van der Waals surface area contributed by atoms with Crippen LogP contribution >= 0.6 is 6.89 Å². The number of nitrogens with zero attached hydrogens (tertiary/aromatic N) is 1. The van der Waals surface area contributed by atoms with Gasteiger partial charge in [-0.1, -0.05) is 127 Å². The van der Waals surface area contributed by atoms with E-state index in [9.17, 15) is 24.3 Å². The van der Waals surface area contributed by atoms with E-state index >= 15 is 0 Å². The predicted molar refractivity (Wildman–Crippen MR) is 207 cm³/mol. The number of para-hydroxylation sites is 1. The number of hydrogen-bond donors (Lipinski definition) is 2. The average molecular weight is 711 g/mol. The predicted octanol–water partition coefficient (Wildman–Crippen LogP) is 5.92. The summed E-state index contributed by atoms with van der Waals surface area (Å²) in [6.07, 6.45) is 0.0102. The van der Waals surface area contributed by atoms with Crippen molar-refractivity contribution in [3.05, 3.63) is 169 Å². The number of nitrogens with one attached hydrogen (secondary N) is 1. The highest BCUT2D eigenvalue weighted by molar-refractivity contribution is 7.95. The Morgan fingerprint density at radius 2 is 1.29 bits per heavy atom. The molecular formula is C43H39N2O6P. The summed E-state index contributed by atoms with van der Waals surface area (Å²) in [6.45, 7) is 2.07. The number of rotatable bonds is 13. The van der Waals surface area contributed by atoms with E-state index in [4.69, 9.17) is 4.74 Å². The number of amides is 2. The highest BCUT2D eigenvalue weighted by Crippen LogP contribution is 2.50. The lowest BCUT2D eigenvalue weighted by molar-refractivity contribution is -0.157. The molecule has 1 heterocycles. The third kappa shape index (κ3) is 7.17. The van der Waals surface area contributed by atoms with Crippen LogP contribution in [0.25, 0.3) is 0 Å². The van der Waals surface area contributed by atoms with Crippen LogP contribution in [-0.2, 0) is 14.3 Å². The maximum Gasteiger partial charge on any atom is 0.316 e. The molecule has 5 aromatic carbocycles. The number of hydrogen-bond acceptors (Lipinski definition) is 6. The van der Waals surface area contributed by atoms with Gasteiger partial charge in [0, 0.05) is 30.1 Å². The molecule has 0 aromatic heterocycles. The first-order valence-corrected chi connectivity index (χ1v) is 18.8. The van der Waals surface area contributed by atoms with Gasteiger partial charge in [-0.25, -0.2) is 0 Å². The summed E-state index contributed by atoms with van der Waals surface area (Å²) in [5.41, 5.74) is 1.28. The summed E-state index contributed by atoms with van der Waals surface area (Å²) in [5, 5.41) is 16.2. The largest absolute Gasteiger partial charge is 0.408 e. The Bertz CT molecular complexity index is 2030. The van der Waals surface area contributed by atoms with Crippen LogP contribution in [0.15, 0.2) is 158 Å². The van der Waals surface area contributed by atoms with Gasteiger partial charge in [0.15, 0.2) is 5.78 Å². The number of carbonyl (C=O) groups is 4. The number of carbonyl (C=O) groups excluding carboxylic acids is 4. The summed E-state index contributed by atoms with van der Waals surface area (Å²) >= 11 is 0. The molecule has 0 aliphatic carbocycles. The maximum absolute atomic E-state index is 14.4. The first-order valence-electron chi connectivity index (χ1n) is 17.0. The van der Waals surface area contributed by atoms with Crippen LogP contribution in [0.5, 0.6) is 0 Å². The Kier molecular flexibility index (Phi) is 11.1. The number of β-lactam (4-membered cyclic amide) rings is 1. The lowest BCUT2D eigenvalue weighted by atomic mass is 9.80. The summed E-state index contributed by atoms with van der Waals surface area (Å²) < 4.78 is 6.36. The molecule has 2 N–H and O–H groups in total. The second kappa shape index (κ2) is 16.0. The molecule has 0 unspecified atom stereocenters. The Balaban J connectivity index is 1.52. The molecule has 1 aliphatic rings. The van der Waals surface area contributed by atoms with Crippen molar-refractivity contribution in [2.75, 3.05) is 5.32 Å². The molecule has 9 heteroatoms. The molecule has 3 atom stereocenters. The van der Waals surface area contributed by atoms with Crippen LogP contribution in [0.4, 0.5) is 5.69 Å². The molecule has 262 valence electrons. The van der Waals surface area contributed by atoms with Gasteiger partial charge in [0.2, 0.25) is 11.5 Å². The van der Waals surface area contributed by atoms with Gasteiger partial charge in [-0.05, 0) is 47.1 Å². The first kappa shape index (κ1) is 36.0. The van der Waals surface area contributed by atoms with Crippen molar-refractivity contribution < 1.29 is 29.0 Å². The van der Waals surface area contributed by atoms with E-state index in [2.05, 4.69) is 11.9 Å². The van der Waals surface area contributed by atoms with Gasteiger partial charge in [0.1, 0.15) is 0 Å². The summed E-state index contributed by atoms with van der Waals surface area (Å²) in [6, 6.07) is 43.3. The normalized spacial score (nSPS) is 15.9. The van der Waals surface area contributed by atoms with E-state index in [1.54, 1.807) is 30.3 Å². The van der Waals surface area contributed by atoms with Gasteiger partial charge in [-0.15, -0.1) is 6.58 Å². The van der Waals surface area contributed by atoms with Gasteiger partial charge in [0.25, 0.3) is 5.91 Å². The quantitative estimate of drug-likeness (QED) is 0.0516. The molecule has 2 amide bonds. The van der Waals surface area contributed by atoms with E-state index in [0.717, 1.165) is 15.9 Å². The zero-order valence-corrected chi connectivity index (χ0v) is 29.6. The van der Waals surface area contributed by atoms with E-state index in [0.29, 0.717) is 5.69 Å². The van der Waals surface area contributed by atoms with E-state index in [-0.39, 0.29) is 41.3 Å². The van der Waals surface area contributed by atoms with Crippen LogP contribution in [0.2, 0.25) is 0 Å². The van der Waals surface area contributed by atoms with Crippen molar-refractivity contribution in [2.24, 2.45) is 5.92 Å². The Morgan fingerprint density at radius 3 is 1.79 bits per heavy atom. The van der Waals surface area contributed by atoms with E-state index in [1.165, 1.54) is 24.0 Å². The zero-order chi connectivity index (χ0) is 36.7. The van der Waals surface area contributed by atoms with Gasteiger partial charge in [0.05, 0.1) is 24.5 Å².